The first kappa shape index (κ1) is 14.7. The molecular formula is C11H12BrF3OS. The molecule has 1 rings (SSSR count). The largest absolute Gasteiger partial charge is 0.483 e. The molecule has 17 heavy (non-hydrogen) atoms. The molecule has 0 heterocycles. The summed E-state index contributed by atoms with van der Waals surface area (Å²) in [5, 5.41) is 0. The van der Waals surface area contributed by atoms with Crippen molar-refractivity contribution in [3.63, 3.8) is 0 Å². The highest BCUT2D eigenvalue weighted by atomic mass is 79.9. The van der Waals surface area contributed by atoms with Crippen molar-refractivity contribution in [1.29, 1.82) is 0 Å². The Labute approximate surface area is 111 Å². The molecule has 0 spiro atoms. The van der Waals surface area contributed by atoms with Crippen LogP contribution in [0.25, 0.3) is 0 Å². The number of hydrogen-bond donors (Lipinski definition) is 0. The summed E-state index contributed by atoms with van der Waals surface area (Å²) in [5.41, 5.74) is 1.06. The fourth-order valence-corrected chi connectivity index (χ4v) is 2.29. The van der Waals surface area contributed by atoms with Crippen molar-refractivity contribution in [2.24, 2.45) is 0 Å². The molecule has 1 aromatic rings. The zero-order valence-corrected chi connectivity index (χ0v) is 11.6. The first-order chi connectivity index (χ1) is 7.92. The average Bonchev–Trinajstić information content (AvgIpc) is 2.23. The summed E-state index contributed by atoms with van der Waals surface area (Å²) in [6, 6.07) is 5.12. The standard InChI is InChI=1S/C11H12BrF3OS/c1-2-17-6-8-3-4-10(9(12)5-8)16-7-11(13,14)15/h3-5H,2,6-7H2,1H3. The molecule has 0 fully saturated rings. The van der Waals surface area contributed by atoms with Crippen LogP contribution in [-0.4, -0.2) is 18.5 Å². The van der Waals surface area contributed by atoms with E-state index in [0.29, 0.717) is 4.47 Å². The molecule has 0 radical (unpaired) electrons. The van der Waals surface area contributed by atoms with E-state index in [2.05, 4.69) is 27.6 Å². The highest BCUT2D eigenvalue weighted by Gasteiger charge is 2.28. The molecular weight excluding hydrogens is 317 g/mol. The maximum Gasteiger partial charge on any atom is 0.422 e. The summed E-state index contributed by atoms with van der Waals surface area (Å²) in [6.45, 7) is 0.787. The molecule has 96 valence electrons. The topological polar surface area (TPSA) is 9.23 Å². The molecule has 0 saturated heterocycles. The van der Waals surface area contributed by atoms with Crippen LogP contribution >= 0.6 is 27.7 Å². The van der Waals surface area contributed by atoms with Crippen LogP contribution in [0.3, 0.4) is 0 Å². The lowest BCUT2D eigenvalue weighted by Gasteiger charge is -2.11. The number of rotatable bonds is 5. The molecule has 0 N–H and O–H groups in total. The lowest BCUT2D eigenvalue weighted by atomic mass is 10.2. The minimum Gasteiger partial charge on any atom is -0.483 e. The van der Waals surface area contributed by atoms with Gasteiger partial charge in [-0.2, -0.15) is 24.9 Å². The molecule has 0 saturated carbocycles. The Hall–Kier alpha value is -0.360. The minimum absolute atomic E-state index is 0.215. The van der Waals surface area contributed by atoms with Crippen LogP contribution in [-0.2, 0) is 5.75 Å². The average molecular weight is 329 g/mol. The summed E-state index contributed by atoms with van der Waals surface area (Å²) in [5.74, 6) is 2.06. The number of thioether (sulfide) groups is 1. The number of hydrogen-bond acceptors (Lipinski definition) is 2. The summed E-state index contributed by atoms with van der Waals surface area (Å²) >= 11 is 4.96. The van der Waals surface area contributed by atoms with Gasteiger partial charge in [-0.3, -0.25) is 0 Å². The maximum absolute atomic E-state index is 12.0. The van der Waals surface area contributed by atoms with Gasteiger partial charge < -0.3 is 4.74 Å². The van der Waals surface area contributed by atoms with E-state index in [1.54, 1.807) is 30.0 Å². The zero-order valence-electron chi connectivity index (χ0n) is 9.18. The van der Waals surface area contributed by atoms with E-state index >= 15 is 0 Å². The monoisotopic (exact) mass is 328 g/mol. The van der Waals surface area contributed by atoms with E-state index in [4.69, 9.17) is 0 Å². The molecule has 0 amide bonds. The smallest absolute Gasteiger partial charge is 0.422 e. The Kier molecular flexibility index (Phi) is 5.66. The van der Waals surface area contributed by atoms with Gasteiger partial charge in [-0.1, -0.05) is 13.0 Å². The molecule has 0 aromatic heterocycles. The van der Waals surface area contributed by atoms with Crippen molar-refractivity contribution in [3.05, 3.63) is 28.2 Å². The van der Waals surface area contributed by atoms with Crippen LogP contribution < -0.4 is 4.74 Å². The van der Waals surface area contributed by atoms with E-state index in [-0.39, 0.29) is 5.75 Å². The third kappa shape index (κ3) is 5.68. The lowest BCUT2D eigenvalue weighted by Crippen LogP contribution is -2.19. The zero-order chi connectivity index (χ0) is 12.9. The van der Waals surface area contributed by atoms with Gasteiger partial charge in [0.05, 0.1) is 4.47 Å². The molecule has 0 aliphatic heterocycles. The third-order valence-electron chi connectivity index (χ3n) is 1.86. The van der Waals surface area contributed by atoms with E-state index in [1.165, 1.54) is 0 Å². The Morgan fingerprint density at radius 1 is 1.35 bits per heavy atom. The van der Waals surface area contributed by atoms with Crippen LogP contribution in [0, 0.1) is 0 Å². The van der Waals surface area contributed by atoms with Gasteiger partial charge in [0.1, 0.15) is 5.75 Å². The highest BCUT2D eigenvalue weighted by Crippen LogP contribution is 2.29. The van der Waals surface area contributed by atoms with Crippen molar-refractivity contribution in [1.82, 2.24) is 0 Å². The lowest BCUT2D eigenvalue weighted by molar-refractivity contribution is -0.153. The Morgan fingerprint density at radius 2 is 2.06 bits per heavy atom. The van der Waals surface area contributed by atoms with Crippen LogP contribution in [0.5, 0.6) is 5.75 Å². The molecule has 1 nitrogen and oxygen atoms in total. The van der Waals surface area contributed by atoms with Crippen LogP contribution in [0.4, 0.5) is 13.2 Å². The summed E-state index contributed by atoms with van der Waals surface area (Å²) in [4.78, 5) is 0. The van der Waals surface area contributed by atoms with Crippen molar-refractivity contribution < 1.29 is 17.9 Å². The number of ether oxygens (including phenoxy) is 1. The normalized spacial score (nSPS) is 11.6. The first-order valence-corrected chi connectivity index (χ1v) is 6.93. The molecule has 0 bridgehead atoms. The van der Waals surface area contributed by atoms with Crippen LogP contribution in [0.15, 0.2) is 22.7 Å². The number of benzene rings is 1. The van der Waals surface area contributed by atoms with E-state index in [1.807, 2.05) is 0 Å². The predicted molar refractivity (Wildman–Crippen MR) is 67.5 cm³/mol. The van der Waals surface area contributed by atoms with E-state index < -0.39 is 12.8 Å². The van der Waals surface area contributed by atoms with Crippen molar-refractivity contribution >= 4 is 27.7 Å². The molecule has 1 aromatic carbocycles. The molecule has 0 atom stereocenters. The van der Waals surface area contributed by atoms with Gasteiger partial charge >= 0.3 is 6.18 Å². The predicted octanol–water partition coefficient (Wildman–Crippen LogP) is 4.64. The van der Waals surface area contributed by atoms with Crippen molar-refractivity contribution in [2.45, 2.75) is 18.9 Å². The second kappa shape index (κ2) is 6.54. The van der Waals surface area contributed by atoms with Gasteiger partial charge in [0, 0.05) is 5.75 Å². The highest BCUT2D eigenvalue weighted by molar-refractivity contribution is 9.10. The van der Waals surface area contributed by atoms with Gasteiger partial charge in [0.15, 0.2) is 6.61 Å². The SMILES string of the molecule is CCSCc1ccc(OCC(F)(F)F)c(Br)c1. The number of halogens is 4. The summed E-state index contributed by atoms with van der Waals surface area (Å²) < 4.78 is 41.2. The third-order valence-corrected chi connectivity index (χ3v) is 3.43. The van der Waals surface area contributed by atoms with E-state index in [0.717, 1.165) is 17.1 Å². The molecule has 0 aliphatic rings. The van der Waals surface area contributed by atoms with Crippen LogP contribution in [0.1, 0.15) is 12.5 Å². The van der Waals surface area contributed by atoms with Crippen molar-refractivity contribution in [2.75, 3.05) is 12.4 Å². The second-order valence-electron chi connectivity index (χ2n) is 3.31. The minimum atomic E-state index is -4.31. The first-order valence-electron chi connectivity index (χ1n) is 4.98. The Balaban J connectivity index is 2.63. The van der Waals surface area contributed by atoms with Crippen LogP contribution in [0.2, 0.25) is 0 Å². The maximum atomic E-state index is 12.0. The summed E-state index contributed by atoms with van der Waals surface area (Å²) in [6.07, 6.45) is -4.31. The molecule has 0 aliphatic carbocycles. The second-order valence-corrected chi connectivity index (χ2v) is 5.43. The Bertz CT molecular complexity index is 368. The van der Waals surface area contributed by atoms with Gasteiger partial charge in [0.25, 0.3) is 0 Å². The van der Waals surface area contributed by atoms with E-state index in [9.17, 15) is 13.2 Å². The summed E-state index contributed by atoms with van der Waals surface area (Å²) in [7, 11) is 0. The van der Waals surface area contributed by atoms with Gasteiger partial charge in [-0.15, -0.1) is 0 Å². The van der Waals surface area contributed by atoms with Gasteiger partial charge in [-0.25, -0.2) is 0 Å². The fourth-order valence-electron chi connectivity index (χ4n) is 1.13. The molecule has 6 heteroatoms. The van der Waals surface area contributed by atoms with Gasteiger partial charge in [0.2, 0.25) is 0 Å². The number of alkyl halides is 3. The fraction of sp³-hybridized carbons (Fsp3) is 0.455. The molecule has 0 unspecified atom stereocenters. The Morgan fingerprint density at radius 3 is 2.59 bits per heavy atom. The quantitative estimate of drug-likeness (QED) is 0.778. The van der Waals surface area contributed by atoms with Gasteiger partial charge in [-0.05, 0) is 39.4 Å². The van der Waals surface area contributed by atoms with Crippen molar-refractivity contribution in [3.8, 4) is 5.75 Å².